The molecule has 1 aromatic heterocycles. The van der Waals surface area contributed by atoms with E-state index in [0.717, 1.165) is 30.2 Å². The Morgan fingerprint density at radius 2 is 2.05 bits per heavy atom. The van der Waals surface area contributed by atoms with Crippen molar-refractivity contribution < 1.29 is 5.11 Å². The van der Waals surface area contributed by atoms with E-state index in [1.165, 1.54) is 0 Å². The molecule has 0 atom stereocenters. The molecule has 2 N–H and O–H groups in total. The maximum atomic E-state index is 9.55. The molecule has 1 aromatic carbocycles. The highest BCUT2D eigenvalue weighted by Gasteiger charge is 2.12. The molecule has 0 spiro atoms. The topological polar surface area (TPSA) is 50.1 Å². The SMILES string of the molecule is Cc1ncc(CNC(C)(C)C)n1Cc1cccc(O)c1. The third-order valence-corrected chi connectivity index (χ3v) is 3.19. The largest absolute Gasteiger partial charge is 0.508 e. The van der Waals surface area contributed by atoms with Gasteiger partial charge in [-0.15, -0.1) is 0 Å². The summed E-state index contributed by atoms with van der Waals surface area (Å²) in [7, 11) is 0. The molecule has 1 heterocycles. The van der Waals surface area contributed by atoms with Crippen LogP contribution in [0.1, 0.15) is 37.9 Å². The van der Waals surface area contributed by atoms with Crippen molar-refractivity contribution in [3.05, 3.63) is 47.5 Å². The molecule has 0 aliphatic carbocycles. The van der Waals surface area contributed by atoms with Gasteiger partial charge in [-0.05, 0) is 45.4 Å². The van der Waals surface area contributed by atoms with Gasteiger partial charge < -0.3 is 15.0 Å². The minimum Gasteiger partial charge on any atom is -0.508 e. The summed E-state index contributed by atoms with van der Waals surface area (Å²) in [5.41, 5.74) is 2.30. The first-order valence-electron chi connectivity index (χ1n) is 6.89. The van der Waals surface area contributed by atoms with Crippen LogP contribution >= 0.6 is 0 Å². The van der Waals surface area contributed by atoms with E-state index in [-0.39, 0.29) is 5.54 Å². The van der Waals surface area contributed by atoms with Gasteiger partial charge in [0.05, 0.1) is 5.69 Å². The number of hydrogen-bond donors (Lipinski definition) is 2. The van der Waals surface area contributed by atoms with E-state index in [1.807, 2.05) is 25.3 Å². The lowest BCUT2D eigenvalue weighted by molar-refractivity contribution is 0.416. The van der Waals surface area contributed by atoms with Crippen molar-refractivity contribution in [2.75, 3.05) is 0 Å². The highest BCUT2D eigenvalue weighted by molar-refractivity contribution is 5.27. The van der Waals surface area contributed by atoms with Gasteiger partial charge in [0.25, 0.3) is 0 Å². The second kappa shape index (κ2) is 5.67. The average Bonchev–Trinajstić information content (AvgIpc) is 2.68. The molecule has 0 fully saturated rings. The molecule has 0 radical (unpaired) electrons. The lowest BCUT2D eigenvalue weighted by Crippen LogP contribution is -2.35. The van der Waals surface area contributed by atoms with Crippen LogP contribution in [0.15, 0.2) is 30.5 Å². The van der Waals surface area contributed by atoms with E-state index in [0.29, 0.717) is 5.75 Å². The summed E-state index contributed by atoms with van der Waals surface area (Å²) in [6, 6.07) is 7.36. The molecule has 0 saturated carbocycles. The molecule has 108 valence electrons. The van der Waals surface area contributed by atoms with Crippen LogP contribution < -0.4 is 5.32 Å². The van der Waals surface area contributed by atoms with Gasteiger partial charge in [0.2, 0.25) is 0 Å². The maximum absolute atomic E-state index is 9.55. The number of phenolic OH excluding ortho intramolecular Hbond substituents is 1. The third-order valence-electron chi connectivity index (χ3n) is 3.19. The van der Waals surface area contributed by atoms with Crippen LogP contribution in [0, 0.1) is 6.92 Å². The fraction of sp³-hybridized carbons (Fsp3) is 0.438. The fourth-order valence-corrected chi connectivity index (χ4v) is 2.07. The number of hydrogen-bond acceptors (Lipinski definition) is 3. The van der Waals surface area contributed by atoms with Crippen LogP contribution in [0.2, 0.25) is 0 Å². The number of rotatable bonds is 4. The number of aryl methyl sites for hydroxylation is 1. The van der Waals surface area contributed by atoms with Gasteiger partial charge >= 0.3 is 0 Å². The van der Waals surface area contributed by atoms with Crippen molar-refractivity contribution in [1.29, 1.82) is 0 Å². The minimum atomic E-state index is 0.0774. The number of phenols is 1. The average molecular weight is 273 g/mol. The zero-order valence-corrected chi connectivity index (χ0v) is 12.6. The maximum Gasteiger partial charge on any atom is 0.115 e. The lowest BCUT2D eigenvalue weighted by Gasteiger charge is -2.21. The Labute approximate surface area is 120 Å². The molecule has 2 aromatic rings. The number of aromatic hydroxyl groups is 1. The first-order chi connectivity index (χ1) is 9.35. The Morgan fingerprint density at radius 3 is 2.70 bits per heavy atom. The molecular weight excluding hydrogens is 250 g/mol. The van der Waals surface area contributed by atoms with Gasteiger partial charge in [0.15, 0.2) is 0 Å². The summed E-state index contributed by atoms with van der Waals surface area (Å²) in [5, 5.41) is 13.0. The van der Waals surface area contributed by atoms with Crippen molar-refractivity contribution >= 4 is 0 Å². The van der Waals surface area contributed by atoms with Gasteiger partial charge in [-0.3, -0.25) is 0 Å². The van der Waals surface area contributed by atoms with E-state index in [4.69, 9.17) is 0 Å². The number of benzene rings is 1. The normalized spacial score (nSPS) is 11.8. The van der Waals surface area contributed by atoms with Crippen molar-refractivity contribution in [2.45, 2.75) is 46.3 Å². The molecule has 0 aliphatic rings. The van der Waals surface area contributed by atoms with Gasteiger partial charge in [-0.1, -0.05) is 12.1 Å². The van der Waals surface area contributed by atoms with Crippen molar-refractivity contribution in [1.82, 2.24) is 14.9 Å². The van der Waals surface area contributed by atoms with E-state index >= 15 is 0 Å². The summed E-state index contributed by atoms with van der Waals surface area (Å²) in [6.45, 7) is 9.95. The van der Waals surface area contributed by atoms with Gasteiger partial charge in [-0.25, -0.2) is 4.98 Å². The first-order valence-corrected chi connectivity index (χ1v) is 6.89. The molecule has 0 unspecified atom stereocenters. The van der Waals surface area contributed by atoms with Crippen molar-refractivity contribution in [3.8, 4) is 5.75 Å². The number of imidazole rings is 1. The Bertz CT molecular complexity index is 582. The number of nitrogens with one attached hydrogen (secondary N) is 1. The van der Waals surface area contributed by atoms with E-state index in [2.05, 4.69) is 35.6 Å². The van der Waals surface area contributed by atoms with Crippen LogP contribution in [0.25, 0.3) is 0 Å². The lowest BCUT2D eigenvalue weighted by atomic mass is 10.1. The quantitative estimate of drug-likeness (QED) is 0.900. The van der Waals surface area contributed by atoms with Gasteiger partial charge in [-0.2, -0.15) is 0 Å². The third kappa shape index (κ3) is 3.84. The Hall–Kier alpha value is -1.81. The van der Waals surface area contributed by atoms with Crippen LogP contribution in [0.3, 0.4) is 0 Å². The molecule has 20 heavy (non-hydrogen) atoms. The fourth-order valence-electron chi connectivity index (χ4n) is 2.07. The van der Waals surface area contributed by atoms with Gasteiger partial charge in [0, 0.05) is 24.8 Å². The standard InChI is InChI=1S/C16H23N3O/c1-12-17-9-14(10-18-16(2,3)4)19(12)11-13-6-5-7-15(20)8-13/h5-9,18,20H,10-11H2,1-4H3. The number of nitrogens with zero attached hydrogens (tertiary/aromatic N) is 2. The summed E-state index contributed by atoms with van der Waals surface area (Å²) in [4.78, 5) is 4.40. The molecule has 0 amide bonds. The number of aromatic nitrogens is 2. The predicted octanol–water partition coefficient (Wildman–Crippen LogP) is 2.83. The zero-order chi connectivity index (χ0) is 14.8. The van der Waals surface area contributed by atoms with Gasteiger partial charge in [0.1, 0.15) is 11.6 Å². The zero-order valence-electron chi connectivity index (χ0n) is 12.6. The van der Waals surface area contributed by atoms with E-state index in [9.17, 15) is 5.11 Å². The van der Waals surface area contributed by atoms with Crippen molar-refractivity contribution in [3.63, 3.8) is 0 Å². The van der Waals surface area contributed by atoms with Crippen LogP contribution in [0.4, 0.5) is 0 Å². The Morgan fingerprint density at radius 1 is 1.30 bits per heavy atom. The Kier molecular flexibility index (Phi) is 4.14. The minimum absolute atomic E-state index is 0.0774. The van der Waals surface area contributed by atoms with Crippen LogP contribution in [-0.4, -0.2) is 20.2 Å². The molecule has 2 rings (SSSR count). The molecule has 0 bridgehead atoms. The van der Waals surface area contributed by atoms with Crippen molar-refractivity contribution in [2.24, 2.45) is 0 Å². The first kappa shape index (κ1) is 14.6. The second-order valence-corrected chi connectivity index (χ2v) is 6.16. The summed E-state index contributed by atoms with van der Waals surface area (Å²) < 4.78 is 2.17. The smallest absolute Gasteiger partial charge is 0.115 e. The highest BCUT2D eigenvalue weighted by Crippen LogP contribution is 2.15. The summed E-state index contributed by atoms with van der Waals surface area (Å²) >= 11 is 0. The molecule has 0 saturated heterocycles. The molecule has 0 aliphatic heterocycles. The monoisotopic (exact) mass is 273 g/mol. The van der Waals surface area contributed by atoms with E-state index in [1.54, 1.807) is 12.1 Å². The molecule has 4 heteroatoms. The van der Waals surface area contributed by atoms with Crippen LogP contribution in [0.5, 0.6) is 5.75 Å². The second-order valence-electron chi connectivity index (χ2n) is 6.16. The predicted molar refractivity (Wildman–Crippen MR) is 80.8 cm³/mol. The molecular formula is C16H23N3O. The van der Waals surface area contributed by atoms with Crippen LogP contribution in [-0.2, 0) is 13.1 Å². The summed E-state index contributed by atoms with van der Waals surface area (Å²) in [6.07, 6.45) is 1.91. The Balaban J connectivity index is 2.17. The highest BCUT2D eigenvalue weighted by atomic mass is 16.3. The molecule has 4 nitrogen and oxygen atoms in total. The van der Waals surface area contributed by atoms with E-state index < -0.39 is 0 Å². The summed E-state index contributed by atoms with van der Waals surface area (Å²) in [5.74, 6) is 1.29.